The summed E-state index contributed by atoms with van der Waals surface area (Å²) in [5.74, 6) is 0. The average Bonchev–Trinajstić information content (AvgIpc) is 2.68. The molecule has 3 aromatic rings. The molecule has 1 heterocycles. The summed E-state index contributed by atoms with van der Waals surface area (Å²) in [5, 5.41) is 0.668. The Bertz CT molecular complexity index is 835. The van der Waals surface area contributed by atoms with E-state index in [1.54, 1.807) is 0 Å². The monoisotopic (exact) mass is 352 g/mol. The number of benzene rings is 2. The molecule has 0 aliphatic rings. The number of aromatic nitrogens is 2. The Kier molecular flexibility index (Phi) is 3.25. The summed E-state index contributed by atoms with van der Waals surface area (Å²) in [6.07, 6.45) is 0. The van der Waals surface area contributed by atoms with Gasteiger partial charge in [-0.05, 0) is 55.0 Å². The molecule has 0 aliphatic heterocycles. The third-order valence-corrected chi connectivity index (χ3v) is 4.09. The number of nitrogens with one attached hydrogen (secondary N) is 1. The van der Waals surface area contributed by atoms with Gasteiger partial charge in [-0.3, -0.25) is 4.57 Å². The maximum atomic E-state index is 6.30. The van der Waals surface area contributed by atoms with Gasteiger partial charge >= 0.3 is 0 Å². The van der Waals surface area contributed by atoms with E-state index in [0.29, 0.717) is 9.79 Å². The summed E-state index contributed by atoms with van der Waals surface area (Å²) in [5.41, 5.74) is 4.09. The van der Waals surface area contributed by atoms with E-state index in [4.69, 9.17) is 23.8 Å². The highest BCUT2D eigenvalue weighted by Gasteiger charge is 2.10. The topological polar surface area (TPSA) is 20.7 Å². The Morgan fingerprint density at radius 1 is 1.21 bits per heavy atom. The second kappa shape index (κ2) is 4.78. The average molecular weight is 354 g/mol. The van der Waals surface area contributed by atoms with E-state index in [2.05, 4.69) is 40.0 Å². The van der Waals surface area contributed by atoms with Crippen molar-refractivity contribution in [3.05, 3.63) is 56.2 Å². The van der Waals surface area contributed by atoms with Crippen molar-refractivity contribution in [2.45, 2.75) is 6.92 Å². The molecular formula is C14H10BrClN2S. The van der Waals surface area contributed by atoms with E-state index in [9.17, 15) is 0 Å². The van der Waals surface area contributed by atoms with Crippen LogP contribution in [0, 0.1) is 11.7 Å². The van der Waals surface area contributed by atoms with Crippen molar-refractivity contribution >= 4 is 50.8 Å². The van der Waals surface area contributed by atoms with Gasteiger partial charge in [0.05, 0.1) is 21.7 Å². The highest BCUT2D eigenvalue weighted by Crippen LogP contribution is 2.28. The zero-order valence-corrected chi connectivity index (χ0v) is 13.2. The molecule has 0 amide bonds. The molecule has 5 heteroatoms. The van der Waals surface area contributed by atoms with E-state index >= 15 is 0 Å². The van der Waals surface area contributed by atoms with Crippen molar-refractivity contribution in [1.29, 1.82) is 0 Å². The van der Waals surface area contributed by atoms with Crippen LogP contribution in [0.15, 0.2) is 40.9 Å². The van der Waals surface area contributed by atoms with Crippen LogP contribution in [0.1, 0.15) is 5.56 Å². The van der Waals surface area contributed by atoms with E-state index < -0.39 is 0 Å². The second-order valence-electron chi connectivity index (χ2n) is 4.38. The minimum absolute atomic E-state index is 0.639. The van der Waals surface area contributed by atoms with Gasteiger partial charge in [0, 0.05) is 4.47 Å². The van der Waals surface area contributed by atoms with E-state index in [-0.39, 0.29) is 0 Å². The third-order valence-electron chi connectivity index (χ3n) is 2.99. The maximum Gasteiger partial charge on any atom is 0.182 e. The van der Waals surface area contributed by atoms with Crippen molar-refractivity contribution in [1.82, 2.24) is 9.55 Å². The quantitative estimate of drug-likeness (QED) is 0.580. The van der Waals surface area contributed by atoms with Gasteiger partial charge in [0.1, 0.15) is 0 Å². The van der Waals surface area contributed by atoms with Gasteiger partial charge in [0.25, 0.3) is 0 Å². The van der Waals surface area contributed by atoms with E-state index in [1.165, 1.54) is 5.56 Å². The molecule has 1 aromatic heterocycles. The molecule has 0 saturated heterocycles. The van der Waals surface area contributed by atoms with Gasteiger partial charge in [-0.15, -0.1) is 0 Å². The van der Waals surface area contributed by atoms with Crippen molar-refractivity contribution < 1.29 is 0 Å². The fourth-order valence-electron chi connectivity index (χ4n) is 2.11. The van der Waals surface area contributed by atoms with Crippen LogP contribution in [-0.4, -0.2) is 9.55 Å². The largest absolute Gasteiger partial charge is 0.330 e. The molecular weight excluding hydrogens is 344 g/mol. The van der Waals surface area contributed by atoms with Crippen LogP contribution in [0.25, 0.3) is 16.7 Å². The van der Waals surface area contributed by atoms with Gasteiger partial charge in [-0.2, -0.15) is 0 Å². The third kappa shape index (κ3) is 2.24. The molecule has 2 aromatic carbocycles. The Morgan fingerprint density at radius 3 is 2.79 bits per heavy atom. The number of rotatable bonds is 1. The number of imidazole rings is 1. The van der Waals surface area contributed by atoms with Gasteiger partial charge in [-0.1, -0.05) is 33.6 Å². The number of halogens is 2. The van der Waals surface area contributed by atoms with Gasteiger partial charge in [-0.25, -0.2) is 0 Å². The van der Waals surface area contributed by atoms with Crippen LogP contribution in [0.2, 0.25) is 5.02 Å². The fourth-order valence-corrected chi connectivity index (χ4v) is 2.97. The van der Waals surface area contributed by atoms with E-state index in [0.717, 1.165) is 21.2 Å². The second-order valence-corrected chi connectivity index (χ2v) is 6.09. The summed E-state index contributed by atoms with van der Waals surface area (Å²) in [6, 6.07) is 11.9. The Morgan fingerprint density at radius 2 is 2.00 bits per heavy atom. The predicted octanol–water partition coefficient (Wildman–Crippen LogP) is 5.41. The molecule has 0 saturated carbocycles. The van der Waals surface area contributed by atoms with Gasteiger partial charge < -0.3 is 4.98 Å². The molecule has 1 N–H and O–H groups in total. The summed E-state index contributed by atoms with van der Waals surface area (Å²) in [6.45, 7) is 2.06. The molecule has 0 radical (unpaired) electrons. The highest BCUT2D eigenvalue weighted by molar-refractivity contribution is 9.10. The number of aryl methyl sites for hydroxylation is 1. The normalized spacial score (nSPS) is 11.1. The van der Waals surface area contributed by atoms with Crippen molar-refractivity contribution in [3.8, 4) is 5.69 Å². The number of H-pyrrole nitrogens is 1. The molecule has 0 bridgehead atoms. The molecule has 96 valence electrons. The number of aromatic amines is 1. The lowest BCUT2D eigenvalue weighted by molar-refractivity contribution is 1.06. The maximum absolute atomic E-state index is 6.30. The fraction of sp³-hybridized carbons (Fsp3) is 0.0714. The zero-order chi connectivity index (χ0) is 13.6. The summed E-state index contributed by atoms with van der Waals surface area (Å²) in [4.78, 5) is 3.20. The van der Waals surface area contributed by atoms with E-state index in [1.807, 2.05) is 28.8 Å². The summed E-state index contributed by atoms with van der Waals surface area (Å²) >= 11 is 15.2. The van der Waals surface area contributed by atoms with Gasteiger partial charge in [0.2, 0.25) is 0 Å². The number of hydrogen-bond donors (Lipinski definition) is 1. The first-order valence-electron chi connectivity index (χ1n) is 5.73. The van der Waals surface area contributed by atoms with Gasteiger partial charge in [0.15, 0.2) is 4.77 Å². The number of fused-ring (bicyclic) bond motifs is 1. The summed E-state index contributed by atoms with van der Waals surface area (Å²) in [7, 11) is 0. The molecule has 0 atom stereocenters. The lowest BCUT2D eigenvalue weighted by Crippen LogP contribution is -1.95. The van der Waals surface area contributed by atoms with Crippen LogP contribution < -0.4 is 0 Å². The Hall–Kier alpha value is -1.10. The minimum atomic E-state index is 0.639. The molecule has 19 heavy (non-hydrogen) atoms. The number of nitrogens with zero attached hydrogens (tertiary/aromatic N) is 1. The van der Waals surface area contributed by atoms with Crippen LogP contribution in [0.4, 0.5) is 0 Å². The highest BCUT2D eigenvalue weighted by atomic mass is 79.9. The molecule has 0 aliphatic carbocycles. The SMILES string of the molecule is Cc1ccc2[nH]c(=S)n(-c3cc(Br)ccc3Cl)c2c1. The van der Waals surface area contributed by atoms with Crippen LogP contribution in [0.5, 0.6) is 0 Å². The summed E-state index contributed by atoms with van der Waals surface area (Å²) < 4.78 is 3.57. The Balaban J connectivity index is 2.42. The standard InChI is InChI=1S/C14H10BrClN2S/c1-8-2-5-11-13(6-8)18(14(19)17-11)12-7-9(15)3-4-10(12)16/h2-7H,1H3,(H,17,19). The molecule has 3 rings (SSSR count). The molecule has 0 spiro atoms. The first kappa shape index (κ1) is 12.9. The molecule has 0 unspecified atom stereocenters. The molecule has 2 nitrogen and oxygen atoms in total. The van der Waals surface area contributed by atoms with Crippen LogP contribution >= 0.6 is 39.7 Å². The first-order valence-corrected chi connectivity index (χ1v) is 7.31. The molecule has 0 fully saturated rings. The van der Waals surface area contributed by atoms with Crippen molar-refractivity contribution in [2.75, 3.05) is 0 Å². The lowest BCUT2D eigenvalue weighted by Gasteiger charge is -2.08. The zero-order valence-electron chi connectivity index (χ0n) is 10.1. The smallest absolute Gasteiger partial charge is 0.182 e. The number of hydrogen-bond acceptors (Lipinski definition) is 1. The van der Waals surface area contributed by atoms with Crippen molar-refractivity contribution in [2.24, 2.45) is 0 Å². The first-order chi connectivity index (χ1) is 9.06. The predicted molar refractivity (Wildman–Crippen MR) is 85.9 cm³/mol. The Labute approximate surface area is 129 Å². The van der Waals surface area contributed by atoms with Crippen LogP contribution in [0.3, 0.4) is 0 Å². The van der Waals surface area contributed by atoms with Crippen LogP contribution in [-0.2, 0) is 0 Å². The van der Waals surface area contributed by atoms with Crippen molar-refractivity contribution in [3.63, 3.8) is 0 Å². The minimum Gasteiger partial charge on any atom is -0.330 e. The lowest BCUT2D eigenvalue weighted by atomic mass is 10.2.